The van der Waals surface area contributed by atoms with Crippen LogP contribution < -0.4 is 17.0 Å². The first-order valence-electron chi connectivity index (χ1n) is 5.06. The second-order valence-corrected chi connectivity index (χ2v) is 5.26. The summed E-state index contributed by atoms with van der Waals surface area (Å²) in [7, 11) is 6.16. The maximum Gasteiger partial charge on any atom is -1.00 e. The minimum Gasteiger partial charge on any atom is -1.00 e. The Morgan fingerprint density at radius 3 is 1.88 bits per heavy atom. The largest absolute Gasteiger partial charge is 1.00 e. The van der Waals surface area contributed by atoms with Crippen molar-refractivity contribution in [3.05, 3.63) is 35.9 Å². The van der Waals surface area contributed by atoms with Gasteiger partial charge in [0.05, 0.1) is 27.7 Å². The minimum atomic E-state index is 0. The first-order valence-corrected chi connectivity index (χ1v) is 6.00. The van der Waals surface area contributed by atoms with E-state index in [0.29, 0.717) is 0 Å². The number of hydrogen-bond donors (Lipinski definition) is 1. The van der Waals surface area contributed by atoms with Crippen LogP contribution in [0.25, 0.3) is 0 Å². The molecule has 17 heavy (non-hydrogen) atoms. The Labute approximate surface area is 122 Å². The van der Waals surface area contributed by atoms with Crippen molar-refractivity contribution in [3.63, 3.8) is 0 Å². The standard InChI is InChI=1S/C7H6OSe.C5H14NO.BrH/c8-7(9)6-4-2-1-3-5-6;1-6(2,3)4-5-7;/h1-5H,(H,8,9);7H,4-5H2,1-3H3;1H/q;+1;/p-1. The van der Waals surface area contributed by atoms with Crippen LogP contribution in [0.15, 0.2) is 30.3 Å². The number of carbonyl (C=O) groups excluding carboxylic acids is 1. The van der Waals surface area contributed by atoms with Gasteiger partial charge in [-0.05, 0) is 0 Å². The number of carbonyl (C=O) groups is 1. The number of nitrogens with zero attached hydrogens (tertiary/aromatic N) is 1. The SMILES string of the molecule is C[N+](C)(C)CCO.O=C([SeH])c1ccccc1.[Br-]. The van der Waals surface area contributed by atoms with Gasteiger partial charge in [-0.25, -0.2) is 0 Å². The van der Waals surface area contributed by atoms with Gasteiger partial charge in [0.25, 0.3) is 0 Å². The predicted octanol–water partition coefficient (Wildman–Crippen LogP) is -2.58. The van der Waals surface area contributed by atoms with Crippen LogP contribution >= 0.6 is 0 Å². The summed E-state index contributed by atoms with van der Waals surface area (Å²) < 4.78 is 0.902. The summed E-state index contributed by atoms with van der Waals surface area (Å²) >= 11 is 1.99. The van der Waals surface area contributed by atoms with Crippen molar-refractivity contribution in [1.29, 1.82) is 0 Å². The molecule has 0 aliphatic carbocycles. The van der Waals surface area contributed by atoms with Crippen LogP contribution in [-0.4, -0.2) is 64.6 Å². The molecule has 0 bridgehead atoms. The fraction of sp³-hybridized carbons (Fsp3) is 0.417. The smallest absolute Gasteiger partial charge is 1.00 e. The maximum atomic E-state index is 10.6. The van der Waals surface area contributed by atoms with E-state index in [1.165, 1.54) is 0 Å². The molecular weight excluding hydrogens is 349 g/mol. The maximum absolute atomic E-state index is 10.6. The average Bonchev–Trinajstić information content (AvgIpc) is 2.18. The average molecular weight is 369 g/mol. The van der Waals surface area contributed by atoms with Gasteiger partial charge in [0.1, 0.15) is 6.54 Å². The number of likely N-dealkylation sites (N-methyl/N-ethyl adjacent to an activating group) is 1. The van der Waals surface area contributed by atoms with E-state index in [4.69, 9.17) is 5.11 Å². The Hall–Kier alpha value is -0.191. The molecule has 0 fully saturated rings. The minimum absolute atomic E-state index is 0. The molecule has 0 amide bonds. The third-order valence-corrected chi connectivity index (χ3v) is 2.33. The molecule has 1 rings (SSSR count). The van der Waals surface area contributed by atoms with Gasteiger partial charge in [-0.15, -0.1) is 0 Å². The molecule has 0 heterocycles. The first kappa shape index (κ1) is 19.2. The summed E-state index contributed by atoms with van der Waals surface area (Å²) in [5.41, 5.74) is 0.748. The molecule has 1 aromatic carbocycles. The van der Waals surface area contributed by atoms with Crippen molar-refractivity contribution in [2.45, 2.75) is 0 Å². The fourth-order valence-electron chi connectivity index (χ4n) is 0.881. The van der Waals surface area contributed by atoms with E-state index in [1.807, 2.05) is 34.2 Å². The Bertz CT molecular complexity index is 312. The summed E-state index contributed by atoms with van der Waals surface area (Å²) in [6.45, 7) is 1.11. The van der Waals surface area contributed by atoms with Gasteiger partial charge >= 0.3 is 61.4 Å². The molecule has 0 aromatic heterocycles. The molecule has 0 radical (unpaired) electrons. The third kappa shape index (κ3) is 12.1. The van der Waals surface area contributed by atoms with Crippen molar-refractivity contribution in [1.82, 2.24) is 0 Å². The number of quaternary nitrogens is 1. The van der Waals surface area contributed by atoms with E-state index in [1.54, 1.807) is 12.1 Å². The summed E-state index contributed by atoms with van der Waals surface area (Å²) in [4.78, 5) is 10.6. The molecule has 1 aromatic rings. The topological polar surface area (TPSA) is 37.3 Å². The zero-order valence-corrected chi connectivity index (χ0v) is 13.9. The summed E-state index contributed by atoms with van der Waals surface area (Å²) in [6.07, 6.45) is 0. The Kier molecular flexibility index (Phi) is 11.0. The van der Waals surface area contributed by atoms with E-state index in [9.17, 15) is 4.79 Å². The van der Waals surface area contributed by atoms with Crippen LogP contribution in [0.4, 0.5) is 0 Å². The number of aliphatic hydroxyl groups excluding tert-OH is 1. The molecule has 0 atom stereocenters. The van der Waals surface area contributed by atoms with Gasteiger partial charge in [-0.3, -0.25) is 0 Å². The van der Waals surface area contributed by atoms with Crippen LogP contribution in [0.1, 0.15) is 10.4 Å². The summed E-state index contributed by atoms with van der Waals surface area (Å²) in [5.74, 6) is 0. The fourth-order valence-corrected chi connectivity index (χ4v) is 1.19. The van der Waals surface area contributed by atoms with E-state index in [0.717, 1.165) is 16.6 Å². The van der Waals surface area contributed by atoms with Crippen molar-refractivity contribution in [2.24, 2.45) is 0 Å². The first-order chi connectivity index (χ1) is 7.37. The van der Waals surface area contributed by atoms with Gasteiger partial charge < -0.3 is 26.6 Å². The predicted molar refractivity (Wildman–Crippen MR) is 67.9 cm³/mol. The number of benzene rings is 1. The van der Waals surface area contributed by atoms with Gasteiger partial charge in [0.2, 0.25) is 0 Å². The van der Waals surface area contributed by atoms with E-state index in [-0.39, 0.29) is 28.3 Å². The molecule has 98 valence electrons. The monoisotopic (exact) mass is 369 g/mol. The molecule has 3 nitrogen and oxygen atoms in total. The van der Waals surface area contributed by atoms with Crippen LogP contribution in [0.2, 0.25) is 0 Å². The molecule has 5 heteroatoms. The molecule has 0 aliphatic heterocycles. The molecule has 0 saturated heterocycles. The van der Waals surface area contributed by atoms with E-state index >= 15 is 0 Å². The molecule has 0 unspecified atom stereocenters. The van der Waals surface area contributed by atoms with Crippen molar-refractivity contribution in [3.8, 4) is 0 Å². The molecular formula is C12H20BrNO2Se. The molecule has 0 saturated carbocycles. The number of hydrogen-bond acceptors (Lipinski definition) is 2. The normalized spacial score (nSPS) is 9.71. The second kappa shape index (κ2) is 9.80. The van der Waals surface area contributed by atoms with Crippen molar-refractivity contribution in [2.75, 3.05) is 34.3 Å². The van der Waals surface area contributed by atoms with Crippen LogP contribution in [0.3, 0.4) is 0 Å². The van der Waals surface area contributed by atoms with Gasteiger partial charge in [0.15, 0.2) is 0 Å². The Morgan fingerprint density at radius 1 is 1.24 bits per heavy atom. The number of rotatable bonds is 3. The number of aliphatic hydroxyl groups is 1. The van der Waals surface area contributed by atoms with Gasteiger partial charge in [-0.1, -0.05) is 0 Å². The Balaban J connectivity index is 0. The summed E-state index contributed by atoms with van der Waals surface area (Å²) in [6, 6.07) is 9.17. The van der Waals surface area contributed by atoms with Gasteiger partial charge in [0, 0.05) is 0 Å². The quantitative estimate of drug-likeness (QED) is 0.470. The summed E-state index contributed by atoms with van der Waals surface area (Å²) in [5, 5.41) is 8.39. The third-order valence-electron chi connectivity index (χ3n) is 1.79. The molecule has 0 spiro atoms. The zero-order valence-electron chi connectivity index (χ0n) is 10.4. The van der Waals surface area contributed by atoms with Crippen LogP contribution in [0, 0.1) is 0 Å². The second-order valence-electron chi connectivity index (χ2n) is 4.41. The van der Waals surface area contributed by atoms with E-state index in [2.05, 4.69) is 21.1 Å². The Morgan fingerprint density at radius 2 is 1.71 bits per heavy atom. The van der Waals surface area contributed by atoms with Crippen molar-refractivity contribution >= 4 is 20.7 Å². The van der Waals surface area contributed by atoms with Crippen LogP contribution in [0.5, 0.6) is 0 Å². The molecule has 0 aliphatic rings. The van der Waals surface area contributed by atoms with Gasteiger partial charge in [-0.2, -0.15) is 0 Å². The van der Waals surface area contributed by atoms with E-state index < -0.39 is 0 Å². The molecule has 1 N–H and O–H groups in total. The zero-order chi connectivity index (χ0) is 12.6. The van der Waals surface area contributed by atoms with Crippen LogP contribution in [-0.2, 0) is 0 Å². The number of halogens is 1. The van der Waals surface area contributed by atoms with Crippen molar-refractivity contribution < 1.29 is 31.4 Å².